The van der Waals surface area contributed by atoms with Crippen molar-refractivity contribution in [2.75, 3.05) is 0 Å². The average molecular weight is 208 g/mol. The molecule has 1 heterocycles. The van der Waals surface area contributed by atoms with E-state index in [0.717, 1.165) is 11.3 Å². The molecule has 1 aromatic carbocycles. The Bertz CT molecular complexity index is 446. The summed E-state index contributed by atoms with van der Waals surface area (Å²) < 4.78 is 0. The molecular weight excluding hydrogens is 196 g/mol. The molecule has 2 heteroatoms. The van der Waals surface area contributed by atoms with E-state index in [0.29, 0.717) is 0 Å². The molecule has 2 rings (SSSR count). The summed E-state index contributed by atoms with van der Waals surface area (Å²) in [5, 5.41) is 8.13. The van der Waals surface area contributed by atoms with Crippen LogP contribution in [0.25, 0.3) is 6.08 Å². The van der Waals surface area contributed by atoms with Crippen LogP contribution in [0.5, 0.6) is 0 Å². The number of rotatable bonds is 0. The van der Waals surface area contributed by atoms with E-state index in [-0.39, 0.29) is 0 Å². The van der Waals surface area contributed by atoms with Gasteiger partial charge in [0.1, 0.15) is 0 Å². The van der Waals surface area contributed by atoms with Crippen molar-refractivity contribution in [2.24, 2.45) is 10.2 Å². The van der Waals surface area contributed by atoms with E-state index >= 15 is 0 Å². The predicted molar refractivity (Wildman–Crippen MR) is 67.4 cm³/mol. The van der Waals surface area contributed by atoms with E-state index in [1.54, 1.807) is 6.20 Å². The second-order valence-corrected chi connectivity index (χ2v) is 3.24. The quantitative estimate of drug-likeness (QED) is 0.602. The molecule has 0 amide bonds. The van der Waals surface area contributed by atoms with E-state index in [1.165, 1.54) is 0 Å². The van der Waals surface area contributed by atoms with Crippen molar-refractivity contribution in [3.63, 3.8) is 0 Å². The van der Waals surface area contributed by atoms with Crippen molar-refractivity contribution in [2.45, 2.75) is 0 Å². The van der Waals surface area contributed by atoms with Gasteiger partial charge >= 0.3 is 0 Å². The zero-order valence-corrected chi connectivity index (χ0v) is 8.82. The van der Waals surface area contributed by atoms with Crippen LogP contribution in [-0.2, 0) is 0 Å². The standard InChI is InChI=1S/C14H12N2/c1-2-4-8-12-15-16-14-11-7-6-10-13(14)9-5-3-1/h1-12H/b2-1?,3-1-,4-2-,5-3?,8-4?,9-5-,12-8-,13-9?,15-12?,16-14?,16-15-. The fourth-order valence-electron chi connectivity index (χ4n) is 1.32. The number of benzene rings is 1. The normalized spacial score (nSPS) is 24.2. The summed E-state index contributed by atoms with van der Waals surface area (Å²) in [6.07, 6.45) is 15.4. The molecule has 78 valence electrons. The highest BCUT2D eigenvalue weighted by Gasteiger charge is 1.94. The van der Waals surface area contributed by atoms with Crippen molar-refractivity contribution < 1.29 is 0 Å². The monoisotopic (exact) mass is 208 g/mol. The number of fused-ring (bicyclic) bond motifs is 1. The van der Waals surface area contributed by atoms with Crippen LogP contribution >= 0.6 is 0 Å². The molecule has 0 atom stereocenters. The second kappa shape index (κ2) is 5.61. The van der Waals surface area contributed by atoms with Crippen molar-refractivity contribution in [3.05, 3.63) is 72.5 Å². The van der Waals surface area contributed by atoms with Gasteiger partial charge in [0, 0.05) is 11.8 Å². The summed E-state index contributed by atoms with van der Waals surface area (Å²) in [6, 6.07) is 7.91. The maximum Gasteiger partial charge on any atom is 0.0929 e. The summed E-state index contributed by atoms with van der Waals surface area (Å²) in [5.41, 5.74) is 1.94. The minimum Gasteiger partial charge on any atom is -0.159 e. The van der Waals surface area contributed by atoms with E-state index in [9.17, 15) is 0 Å². The molecule has 0 saturated heterocycles. The molecular formula is C14H12N2. The zero-order valence-electron chi connectivity index (χ0n) is 8.82. The molecule has 0 radical (unpaired) electrons. The Labute approximate surface area is 95.0 Å². The van der Waals surface area contributed by atoms with Crippen molar-refractivity contribution in [1.82, 2.24) is 0 Å². The summed E-state index contributed by atoms with van der Waals surface area (Å²) in [5.74, 6) is 0. The Morgan fingerprint density at radius 1 is 0.750 bits per heavy atom. The van der Waals surface area contributed by atoms with Gasteiger partial charge in [0.25, 0.3) is 0 Å². The molecule has 1 aromatic rings. The van der Waals surface area contributed by atoms with Crippen molar-refractivity contribution >= 4 is 11.8 Å². The molecule has 1 aliphatic rings. The first-order valence-electron chi connectivity index (χ1n) is 5.13. The van der Waals surface area contributed by atoms with Gasteiger partial charge in [-0.3, -0.25) is 0 Å². The molecule has 0 spiro atoms. The first-order chi connectivity index (χ1) is 7.97. The Morgan fingerprint density at radius 2 is 1.50 bits per heavy atom. The Morgan fingerprint density at radius 3 is 2.44 bits per heavy atom. The molecule has 0 bridgehead atoms. The van der Waals surface area contributed by atoms with Crippen molar-refractivity contribution in [3.8, 4) is 0 Å². The number of azo groups is 1. The van der Waals surface area contributed by atoms with Gasteiger partial charge in [-0.1, -0.05) is 54.7 Å². The Balaban J connectivity index is 2.39. The number of nitrogens with zero attached hydrogens (tertiary/aromatic N) is 2. The lowest BCUT2D eigenvalue weighted by Gasteiger charge is -1.97. The van der Waals surface area contributed by atoms with Gasteiger partial charge in [0.2, 0.25) is 0 Å². The molecule has 0 saturated carbocycles. The third-order valence-electron chi connectivity index (χ3n) is 2.09. The van der Waals surface area contributed by atoms with Crippen LogP contribution in [-0.4, -0.2) is 0 Å². The lowest BCUT2D eigenvalue weighted by molar-refractivity contribution is 1.22. The lowest BCUT2D eigenvalue weighted by atomic mass is 10.1. The van der Waals surface area contributed by atoms with Gasteiger partial charge < -0.3 is 0 Å². The highest BCUT2D eigenvalue weighted by Crippen LogP contribution is 2.20. The molecule has 0 aliphatic carbocycles. The fourth-order valence-corrected chi connectivity index (χ4v) is 1.32. The van der Waals surface area contributed by atoms with Gasteiger partial charge in [0.05, 0.1) is 5.69 Å². The van der Waals surface area contributed by atoms with Crippen LogP contribution in [0.2, 0.25) is 0 Å². The van der Waals surface area contributed by atoms with E-state index in [4.69, 9.17) is 0 Å². The minimum atomic E-state index is 0.876. The summed E-state index contributed by atoms with van der Waals surface area (Å²) in [7, 11) is 0. The molecule has 0 N–H and O–H groups in total. The van der Waals surface area contributed by atoms with Gasteiger partial charge in [-0.05, 0) is 12.1 Å². The van der Waals surface area contributed by atoms with Crippen LogP contribution in [0.4, 0.5) is 5.69 Å². The molecule has 0 fully saturated rings. The maximum atomic E-state index is 4.15. The molecule has 16 heavy (non-hydrogen) atoms. The zero-order chi connectivity index (χ0) is 11.1. The summed E-state index contributed by atoms with van der Waals surface area (Å²) in [4.78, 5) is 0. The van der Waals surface area contributed by atoms with E-state index < -0.39 is 0 Å². The minimum absolute atomic E-state index is 0.876. The summed E-state index contributed by atoms with van der Waals surface area (Å²) >= 11 is 0. The predicted octanol–water partition coefficient (Wildman–Crippen LogP) is 4.42. The van der Waals surface area contributed by atoms with Gasteiger partial charge in [0.15, 0.2) is 0 Å². The van der Waals surface area contributed by atoms with Gasteiger partial charge in [-0.2, -0.15) is 10.2 Å². The highest BCUT2D eigenvalue weighted by molar-refractivity contribution is 5.64. The largest absolute Gasteiger partial charge is 0.159 e. The molecule has 2 nitrogen and oxygen atoms in total. The lowest BCUT2D eigenvalue weighted by Crippen LogP contribution is -1.72. The fraction of sp³-hybridized carbons (Fsp3) is 0. The third kappa shape index (κ3) is 2.89. The van der Waals surface area contributed by atoms with Crippen LogP contribution in [0, 0.1) is 0 Å². The first-order valence-corrected chi connectivity index (χ1v) is 5.13. The summed E-state index contributed by atoms with van der Waals surface area (Å²) in [6.45, 7) is 0. The van der Waals surface area contributed by atoms with Crippen LogP contribution < -0.4 is 0 Å². The molecule has 1 aliphatic heterocycles. The maximum absolute atomic E-state index is 4.15. The number of hydrogen-bond acceptors (Lipinski definition) is 2. The first kappa shape index (κ1) is 10.3. The van der Waals surface area contributed by atoms with E-state index in [1.807, 2.05) is 66.8 Å². The van der Waals surface area contributed by atoms with E-state index in [2.05, 4.69) is 10.2 Å². The van der Waals surface area contributed by atoms with Gasteiger partial charge in [-0.15, -0.1) is 0 Å². The van der Waals surface area contributed by atoms with Crippen LogP contribution in [0.15, 0.2) is 77.2 Å². The SMILES string of the molecule is C1=C\C=C/N=N\c2ccccc2/C=C\C=C/1. The number of allylic oxidation sites excluding steroid dienone is 6. The molecule has 0 aromatic heterocycles. The topological polar surface area (TPSA) is 24.7 Å². The Kier molecular flexibility index (Phi) is 3.61. The highest BCUT2D eigenvalue weighted by atomic mass is 15.1. The van der Waals surface area contributed by atoms with Gasteiger partial charge in [-0.25, -0.2) is 0 Å². The average Bonchev–Trinajstić information content (AvgIpc) is 2.30. The third-order valence-corrected chi connectivity index (χ3v) is 2.09. The molecule has 0 unspecified atom stereocenters. The smallest absolute Gasteiger partial charge is 0.0929 e. The second-order valence-electron chi connectivity index (χ2n) is 3.24. The van der Waals surface area contributed by atoms with Crippen LogP contribution in [0.1, 0.15) is 5.56 Å². The Hall–Kier alpha value is -2.22. The number of hydrogen-bond donors (Lipinski definition) is 0. The van der Waals surface area contributed by atoms with Crippen LogP contribution in [0.3, 0.4) is 0 Å². The van der Waals surface area contributed by atoms with Crippen molar-refractivity contribution in [1.29, 1.82) is 0 Å².